The van der Waals surface area contributed by atoms with Gasteiger partial charge in [0.05, 0.1) is 10.9 Å². The molecular weight excluding hydrogens is 286 g/mol. The monoisotopic (exact) mass is 303 g/mol. The van der Waals surface area contributed by atoms with Gasteiger partial charge in [0.2, 0.25) is 10.0 Å². The minimum absolute atomic E-state index is 0.000115. The van der Waals surface area contributed by atoms with Crippen molar-refractivity contribution in [1.29, 1.82) is 0 Å². The highest BCUT2D eigenvalue weighted by Gasteiger charge is 2.28. The van der Waals surface area contributed by atoms with E-state index in [1.54, 1.807) is 12.1 Å². The number of primary sulfonamides is 1. The molecule has 0 amide bonds. The van der Waals surface area contributed by atoms with Gasteiger partial charge in [-0.25, -0.2) is 13.6 Å². The Labute approximate surface area is 124 Å². The Morgan fingerprint density at radius 3 is 2.48 bits per heavy atom. The Balaban J connectivity index is 1.89. The van der Waals surface area contributed by atoms with Gasteiger partial charge in [0.1, 0.15) is 0 Å². The van der Waals surface area contributed by atoms with Gasteiger partial charge in [0.25, 0.3) is 0 Å². The van der Waals surface area contributed by atoms with Crippen molar-refractivity contribution < 1.29 is 8.42 Å². The minimum atomic E-state index is -3.69. The molecule has 1 aliphatic carbocycles. The molecule has 2 unspecified atom stereocenters. The van der Waals surface area contributed by atoms with Crippen LogP contribution in [0.5, 0.6) is 0 Å². The summed E-state index contributed by atoms with van der Waals surface area (Å²) < 4.78 is 22.8. The lowest BCUT2D eigenvalue weighted by molar-refractivity contribution is 0.597. The van der Waals surface area contributed by atoms with Crippen molar-refractivity contribution in [3.05, 3.63) is 59.7 Å². The number of fused-ring (bicyclic) bond motifs is 1. The molecule has 5 nitrogen and oxygen atoms in total. The number of hydrogen-bond donors (Lipinski definition) is 3. The molecule has 2 atom stereocenters. The van der Waals surface area contributed by atoms with E-state index in [1.807, 2.05) is 30.3 Å². The third-order valence-electron chi connectivity index (χ3n) is 3.76. The standard InChI is InChI=1S/C15H17N3O2S/c16-14-9-15(13-7-2-1-6-12(13)14)18-10-4-3-5-11(8-10)21(17,19)20/h1-8,14-15,18H,9,16H2,(H2,17,19,20). The zero-order valence-corrected chi connectivity index (χ0v) is 12.2. The summed E-state index contributed by atoms with van der Waals surface area (Å²) in [5, 5.41) is 8.50. The van der Waals surface area contributed by atoms with Gasteiger partial charge in [-0.05, 0) is 35.7 Å². The van der Waals surface area contributed by atoms with Crippen LogP contribution >= 0.6 is 0 Å². The Bertz CT molecular complexity index is 774. The maximum Gasteiger partial charge on any atom is 0.238 e. The van der Waals surface area contributed by atoms with Gasteiger partial charge in [-0.2, -0.15) is 0 Å². The molecular formula is C15H17N3O2S. The van der Waals surface area contributed by atoms with E-state index in [4.69, 9.17) is 10.9 Å². The molecule has 5 N–H and O–H groups in total. The molecule has 0 saturated carbocycles. The number of anilines is 1. The second kappa shape index (κ2) is 5.14. The third-order valence-corrected chi connectivity index (χ3v) is 4.68. The molecule has 6 heteroatoms. The molecule has 0 spiro atoms. The highest BCUT2D eigenvalue weighted by atomic mass is 32.2. The Morgan fingerprint density at radius 1 is 1.05 bits per heavy atom. The summed E-state index contributed by atoms with van der Waals surface area (Å²) in [5.41, 5.74) is 9.15. The summed E-state index contributed by atoms with van der Waals surface area (Å²) in [6, 6.07) is 14.6. The van der Waals surface area contributed by atoms with Crippen molar-refractivity contribution in [2.24, 2.45) is 10.9 Å². The summed E-state index contributed by atoms with van der Waals surface area (Å²) in [6.07, 6.45) is 0.777. The lowest BCUT2D eigenvalue weighted by Crippen LogP contribution is -2.13. The van der Waals surface area contributed by atoms with Gasteiger partial charge in [0, 0.05) is 11.7 Å². The normalized spacial score (nSPS) is 21.0. The second-order valence-electron chi connectivity index (χ2n) is 5.24. The van der Waals surface area contributed by atoms with Gasteiger partial charge >= 0.3 is 0 Å². The maximum atomic E-state index is 11.4. The molecule has 3 rings (SSSR count). The van der Waals surface area contributed by atoms with Crippen LogP contribution in [0.3, 0.4) is 0 Å². The fourth-order valence-corrected chi connectivity index (χ4v) is 3.33. The van der Waals surface area contributed by atoms with Crippen LogP contribution in [0.25, 0.3) is 0 Å². The van der Waals surface area contributed by atoms with Gasteiger partial charge in [0.15, 0.2) is 0 Å². The summed E-state index contributed by atoms with van der Waals surface area (Å²) >= 11 is 0. The van der Waals surface area contributed by atoms with Crippen molar-refractivity contribution >= 4 is 15.7 Å². The predicted molar refractivity (Wildman–Crippen MR) is 82.2 cm³/mol. The van der Waals surface area contributed by atoms with Gasteiger partial charge in [-0.3, -0.25) is 0 Å². The highest BCUT2D eigenvalue weighted by molar-refractivity contribution is 7.89. The SMILES string of the molecule is NC1CC(Nc2cccc(S(N)(=O)=O)c2)c2ccccc21. The van der Waals surface area contributed by atoms with Crippen LogP contribution in [0.2, 0.25) is 0 Å². The number of nitrogens with two attached hydrogens (primary N) is 2. The molecule has 0 fully saturated rings. The third kappa shape index (κ3) is 2.78. The van der Waals surface area contributed by atoms with E-state index in [1.165, 1.54) is 6.07 Å². The van der Waals surface area contributed by atoms with Gasteiger partial charge < -0.3 is 11.1 Å². The quantitative estimate of drug-likeness (QED) is 0.806. The Hall–Kier alpha value is -1.89. The minimum Gasteiger partial charge on any atom is -0.378 e. The van der Waals surface area contributed by atoms with Crippen molar-refractivity contribution in [3.8, 4) is 0 Å². The molecule has 21 heavy (non-hydrogen) atoms. The zero-order valence-electron chi connectivity index (χ0n) is 11.4. The summed E-state index contributed by atoms with van der Waals surface area (Å²) in [5.74, 6) is 0. The molecule has 110 valence electrons. The lowest BCUT2D eigenvalue weighted by atomic mass is 10.1. The van der Waals surface area contributed by atoms with Crippen LogP contribution in [0.1, 0.15) is 29.6 Å². The van der Waals surface area contributed by atoms with E-state index in [9.17, 15) is 8.42 Å². The van der Waals surface area contributed by atoms with Crippen molar-refractivity contribution in [2.75, 3.05) is 5.32 Å². The zero-order chi connectivity index (χ0) is 15.0. The molecule has 0 aliphatic heterocycles. The smallest absolute Gasteiger partial charge is 0.238 e. The van der Waals surface area contributed by atoms with E-state index in [0.29, 0.717) is 0 Å². The predicted octanol–water partition coefficient (Wildman–Crippen LogP) is 1.89. The Kier molecular flexibility index (Phi) is 3.44. The molecule has 0 heterocycles. The summed E-state index contributed by atoms with van der Waals surface area (Å²) in [4.78, 5) is 0.100. The average molecular weight is 303 g/mol. The first-order chi connectivity index (χ1) is 9.95. The van der Waals surface area contributed by atoms with E-state index < -0.39 is 10.0 Å². The molecule has 0 aromatic heterocycles. The van der Waals surface area contributed by atoms with E-state index in [2.05, 4.69) is 5.32 Å². The molecule has 2 aromatic rings. The topological polar surface area (TPSA) is 98.2 Å². The van der Waals surface area contributed by atoms with Crippen LogP contribution in [-0.4, -0.2) is 8.42 Å². The maximum absolute atomic E-state index is 11.4. The largest absolute Gasteiger partial charge is 0.378 e. The summed E-state index contributed by atoms with van der Waals surface area (Å²) in [6.45, 7) is 0. The van der Waals surface area contributed by atoms with Gasteiger partial charge in [-0.15, -0.1) is 0 Å². The van der Waals surface area contributed by atoms with E-state index in [-0.39, 0.29) is 17.0 Å². The number of sulfonamides is 1. The van der Waals surface area contributed by atoms with Crippen molar-refractivity contribution in [2.45, 2.75) is 23.4 Å². The van der Waals surface area contributed by atoms with Crippen LogP contribution in [-0.2, 0) is 10.0 Å². The number of benzene rings is 2. The average Bonchev–Trinajstić information content (AvgIpc) is 2.76. The highest BCUT2D eigenvalue weighted by Crippen LogP contribution is 2.39. The molecule has 0 bridgehead atoms. The first-order valence-electron chi connectivity index (χ1n) is 6.69. The van der Waals surface area contributed by atoms with E-state index >= 15 is 0 Å². The van der Waals surface area contributed by atoms with Crippen LogP contribution < -0.4 is 16.2 Å². The first kappa shape index (κ1) is 14.1. The fraction of sp³-hybridized carbons (Fsp3) is 0.200. The lowest BCUT2D eigenvalue weighted by Gasteiger charge is -2.16. The number of rotatable bonds is 3. The Morgan fingerprint density at radius 2 is 1.76 bits per heavy atom. The molecule has 1 aliphatic rings. The molecule has 0 radical (unpaired) electrons. The van der Waals surface area contributed by atoms with Crippen LogP contribution in [0.4, 0.5) is 5.69 Å². The summed E-state index contributed by atoms with van der Waals surface area (Å²) in [7, 11) is -3.69. The molecule has 2 aromatic carbocycles. The van der Waals surface area contributed by atoms with E-state index in [0.717, 1.165) is 23.2 Å². The second-order valence-corrected chi connectivity index (χ2v) is 6.80. The number of nitrogens with one attached hydrogen (secondary N) is 1. The fourth-order valence-electron chi connectivity index (χ4n) is 2.77. The first-order valence-corrected chi connectivity index (χ1v) is 8.23. The molecule has 0 saturated heterocycles. The van der Waals surface area contributed by atoms with Crippen LogP contribution in [0, 0.1) is 0 Å². The van der Waals surface area contributed by atoms with Gasteiger partial charge in [-0.1, -0.05) is 30.3 Å². The van der Waals surface area contributed by atoms with Crippen molar-refractivity contribution in [3.63, 3.8) is 0 Å². The van der Waals surface area contributed by atoms with Crippen LogP contribution in [0.15, 0.2) is 53.4 Å². The number of hydrogen-bond acceptors (Lipinski definition) is 4. The van der Waals surface area contributed by atoms with Crippen molar-refractivity contribution in [1.82, 2.24) is 0 Å².